The third-order valence-electron chi connectivity index (χ3n) is 18.5. The van der Waals surface area contributed by atoms with Crippen LogP contribution in [-0.4, -0.2) is 331 Å². The number of hydrogen-bond acceptors (Lipinski definition) is 34. The van der Waals surface area contributed by atoms with Gasteiger partial charge < -0.3 is 154 Å². The molecule has 4 aliphatic heterocycles. The molecule has 36 atom stereocenters. The van der Waals surface area contributed by atoms with Crippen molar-refractivity contribution in [3.63, 3.8) is 0 Å². The number of rotatable bonds is 24. The number of ether oxygens (including phenoxy) is 10. The van der Waals surface area contributed by atoms with Crippen molar-refractivity contribution in [2.45, 2.75) is 245 Å². The van der Waals surface area contributed by atoms with Gasteiger partial charge in [-0.3, -0.25) is 0 Å². The van der Waals surface area contributed by atoms with Gasteiger partial charge in [0.05, 0.1) is 105 Å². The maximum absolute atomic E-state index is 15.0. The number of hydrogen-bond donors (Lipinski definition) is 18. The van der Waals surface area contributed by atoms with Crippen LogP contribution in [0.2, 0.25) is 0 Å². The van der Waals surface area contributed by atoms with Crippen LogP contribution in [0, 0.1) is 11.8 Å². The van der Waals surface area contributed by atoms with Crippen LogP contribution in [0.1, 0.15) is 25.7 Å². The van der Waals surface area contributed by atoms with Crippen LogP contribution in [0.15, 0.2) is 30.7 Å². The zero-order valence-electron chi connectivity index (χ0n) is 52.6. The minimum atomic E-state index is -4.17. The molecule has 4 saturated carbocycles. The zero-order valence-corrected chi connectivity index (χ0v) is 54.2. The predicted octanol–water partition coefficient (Wildman–Crippen LogP) is -7.46. The summed E-state index contributed by atoms with van der Waals surface area (Å²) in [6.07, 6.45) is -44.1. The molecule has 28 N–H and O–H groups in total. The van der Waals surface area contributed by atoms with Crippen molar-refractivity contribution in [1.82, 2.24) is 0 Å². The van der Waals surface area contributed by atoms with Crippen LogP contribution >= 0.6 is 0 Å². The number of nitrogens with two attached hydrogens (primary N) is 6. The number of azide groups is 6. The molecule has 0 radical (unpaired) electrons. The molecule has 4 saturated heterocycles. The van der Waals surface area contributed by atoms with Crippen molar-refractivity contribution in [3.8, 4) is 0 Å². The minimum absolute atomic E-state index is 0. The van der Waals surface area contributed by atoms with Gasteiger partial charge in [0.15, 0.2) is 25.2 Å². The molecule has 48 nitrogen and oxygen atoms in total. The van der Waals surface area contributed by atoms with Crippen molar-refractivity contribution >= 4 is 0 Å². The largest absolute Gasteiger partial charge is 0.412 e. The van der Waals surface area contributed by atoms with Crippen molar-refractivity contribution in [2.75, 3.05) is 39.4 Å². The fourth-order valence-electron chi connectivity index (χ4n) is 13.1. The van der Waals surface area contributed by atoms with E-state index in [2.05, 4.69) is 60.2 Å². The van der Waals surface area contributed by atoms with Gasteiger partial charge in [-0.1, -0.05) is 30.7 Å². The molecular weight excluding hydrogens is 1480 g/mol. The summed E-state index contributed by atoms with van der Waals surface area (Å²) in [6, 6.07) is -11.3. The van der Waals surface area contributed by atoms with E-state index < -0.39 is 264 Å². The Bertz CT molecular complexity index is 2940. The number of alkyl halides is 4. The van der Waals surface area contributed by atoms with E-state index in [0.29, 0.717) is 0 Å². The van der Waals surface area contributed by atoms with Crippen molar-refractivity contribution < 1.29 is 158 Å². The smallest absolute Gasteiger partial charge is 0.302 e. The van der Waals surface area contributed by atoms with Gasteiger partial charge in [-0.25, -0.2) is 17.6 Å². The molecule has 0 spiro atoms. The number of halogens is 4. The molecule has 8 aliphatic rings. The fraction of sp³-hybridized carbons (Fsp3) is 1.00. The average Bonchev–Trinajstić information content (AvgIpc) is 1.46. The summed E-state index contributed by atoms with van der Waals surface area (Å²) >= 11 is 0. The van der Waals surface area contributed by atoms with Gasteiger partial charge in [-0.15, -0.1) is 0 Å². The average molecular weight is 1560 g/mol. The predicted molar refractivity (Wildman–Crippen MR) is 318 cm³/mol. The number of nitrogens with zero attached hydrogens (tertiary/aromatic N) is 18. The summed E-state index contributed by atoms with van der Waals surface area (Å²) in [5.74, 6) is -9.42. The van der Waals surface area contributed by atoms with Crippen molar-refractivity contribution in [1.29, 1.82) is 0 Å². The second-order valence-corrected chi connectivity index (χ2v) is 24.5. The zero-order chi connectivity index (χ0) is 72.4. The number of aliphatic hydroxyl groups is 12. The first-order valence-electron chi connectivity index (χ1n) is 30.4. The van der Waals surface area contributed by atoms with Crippen molar-refractivity contribution in [3.05, 3.63) is 62.7 Å². The molecule has 0 aromatic rings. The van der Waals surface area contributed by atoms with E-state index in [-0.39, 0.29) is 63.7 Å². The van der Waals surface area contributed by atoms with Crippen LogP contribution in [-0.2, 0) is 67.8 Å². The van der Waals surface area contributed by atoms with Crippen LogP contribution in [0.3, 0.4) is 0 Å². The number of aliphatic hydroxyl groups excluding tert-OH is 12. The molecule has 0 aromatic heterocycles. The van der Waals surface area contributed by atoms with Gasteiger partial charge >= 0.3 is 5.92 Å². The van der Waals surface area contributed by atoms with Crippen LogP contribution in [0.25, 0.3) is 62.7 Å². The first-order chi connectivity index (χ1) is 46.5. The third kappa shape index (κ3) is 19.2. The second kappa shape index (κ2) is 38.9. The van der Waals surface area contributed by atoms with E-state index in [0.717, 1.165) is 0 Å². The molecule has 578 valence electrons. The molecular formula is C48H84F4N24O24Pd. The van der Waals surface area contributed by atoms with Crippen LogP contribution in [0.4, 0.5) is 17.6 Å². The molecule has 4 aliphatic carbocycles. The summed E-state index contributed by atoms with van der Waals surface area (Å²) < 4.78 is 116. The Morgan fingerprint density at radius 3 is 1.43 bits per heavy atom. The molecule has 53 heteroatoms. The molecule has 0 amide bonds. The van der Waals surface area contributed by atoms with E-state index in [9.17, 15) is 75.6 Å². The maximum Gasteiger partial charge on any atom is 0.302 e. The summed E-state index contributed by atoms with van der Waals surface area (Å²) in [5.41, 5.74) is 89.5. The van der Waals surface area contributed by atoms with Gasteiger partial charge in [0.25, 0.3) is 5.92 Å². The van der Waals surface area contributed by atoms with Gasteiger partial charge in [0.2, 0.25) is 0 Å². The second-order valence-electron chi connectivity index (χ2n) is 24.5. The van der Waals surface area contributed by atoms with Crippen LogP contribution < -0.4 is 34.4 Å². The monoisotopic (exact) mass is 1560 g/mol. The molecule has 8 fully saturated rings. The van der Waals surface area contributed by atoms with Gasteiger partial charge in [0, 0.05) is 81.0 Å². The van der Waals surface area contributed by atoms with E-state index in [1.165, 1.54) is 0 Å². The van der Waals surface area contributed by atoms with Crippen molar-refractivity contribution in [2.24, 2.45) is 76.9 Å². The Hall–Kier alpha value is -4.96. The molecule has 101 heavy (non-hydrogen) atoms. The fourth-order valence-corrected chi connectivity index (χ4v) is 13.1. The first-order valence-corrected chi connectivity index (χ1v) is 30.4. The Morgan fingerprint density at radius 1 is 0.416 bits per heavy atom. The first kappa shape index (κ1) is 88.4. The SMILES string of the molecule is NC[C@@H]1C[C@H](O[C@H]2[C@@H](O)[C@H](O[C@@H]3[C@@H](O)[C@H](N)C[C@H](N)[C@H]3O[C@H]3O[C@H](CN)C(F)(F)[C@H](O)[C@H]3N)O[C@@H]2CO)[C@H](N)[C@@H](O)[C@@H]1O.O.O.[N-]=[N+]=NC[C@@H]1C[C@H](O[C@H]2[C@@H](O)[C@H](O[C@@H]3[C@@H](O)[C@H](N=[N+]=[N-])C[C@H](N=[N+]=[N-])[C@H]3O[C@H]3O[C@H](CN=[N+]=[N-])C(F)(F)[C@H](O)[C@H]3N=[N+]=[N-])O[C@@H]2CO)[C@H](N=[N+]=[N-])[C@@H](O)[C@@H]1O.[Pd]. The molecule has 0 bridgehead atoms. The Morgan fingerprint density at radius 2 is 0.891 bits per heavy atom. The molecule has 0 unspecified atom stereocenters. The van der Waals surface area contributed by atoms with E-state index in [1.54, 1.807) is 0 Å². The van der Waals surface area contributed by atoms with E-state index >= 15 is 8.78 Å². The van der Waals surface area contributed by atoms with E-state index in [1.807, 2.05) is 0 Å². The molecule has 0 aromatic carbocycles. The van der Waals surface area contributed by atoms with Crippen LogP contribution in [0.5, 0.6) is 0 Å². The van der Waals surface area contributed by atoms with Gasteiger partial charge in [0.1, 0.15) is 85.4 Å². The van der Waals surface area contributed by atoms with E-state index in [4.69, 9.17) is 109 Å². The Balaban J connectivity index is 0.000000427. The Labute approximate surface area is 580 Å². The maximum atomic E-state index is 15.0. The molecule has 4 heterocycles. The normalized spacial score (nSPS) is 45.2. The van der Waals surface area contributed by atoms with Gasteiger partial charge in [-0.2, -0.15) is 0 Å². The summed E-state index contributed by atoms with van der Waals surface area (Å²) in [5, 5.41) is 148. The Kier molecular flexibility index (Phi) is 34.0. The third-order valence-corrected chi connectivity index (χ3v) is 18.5. The molecule has 8 rings (SSSR count). The summed E-state index contributed by atoms with van der Waals surface area (Å²) in [4.78, 5) is 15.5. The summed E-state index contributed by atoms with van der Waals surface area (Å²) in [6.45, 7) is -3.52. The minimum Gasteiger partial charge on any atom is -0.412 e. The van der Waals surface area contributed by atoms with Gasteiger partial charge in [-0.05, 0) is 71.3 Å². The quantitative estimate of drug-likeness (QED) is 0.0140. The topological polar surface area (TPSA) is 847 Å². The standard InChI is InChI=1S/C24H34F2N18O11.C24H46F2N6O11.2H2O.Pd/c25-24(26)11(4-34-40-28)53-22(13(21(24)50)38-44-32)54-18-8(36-42-30)2-7(35-41-29)15(47)20(18)55-23-17(49)19(10(5-45)52-23)51-9-1-6(3-33-39-27)14(46)16(48)12(9)37-43-31;25-24(26)11(4-28)41-22(13(32)21(24)38)42-18-8(30)2-7(29)15(35)20(18)43-23-17(37)19(10(5-33)40-23)39-9-1-6(3-27)14(34)16(36)12(9)31;;;/h6-23,45-50H,1-5H2;6-23,33-38H,1-5,27-32H2;2*1H2;/t2*6-,7+,8-,9-,10+,11+,12-,13+,14+,15-,16+,17+,18+,19+,20+,21+,22+,23-;;;/m00.../s1. The summed E-state index contributed by atoms with van der Waals surface area (Å²) in [7, 11) is 0.